The molecule has 3 rings (SSSR count). The molecule has 112 valence electrons. The molecule has 6 nitrogen and oxygen atoms in total. The van der Waals surface area contributed by atoms with Crippen molar-refractivity contribution in [2.75, 3.05) is 7.11 Å². The first-order chi connectivity index (χ1) is 10.5. The van der Waals surface area contributed by atoms with Gasteiger partial charge in [0.1, 0.15) is 23.3 Å². The lowest BCUT2D eigenvalue weighted by Crippen LogP contribution is -2.05. The predicted molar refractivity (Wildman–Crippen MR) is 79.5 cm³/mol. The van der Waals surface area contributed by atoms with Crippen LogP contribution >= 0.6 is 0 Å². The van der Waals surface area contributed by atoms with Gasteiger partial charge in [-0.2, -0.15) is 0 Å². The van der Waals surface area contributed by atoms with Gasteiger partial charge in [-0.05, 0) is 18.2 Å². The molecule has 0 aliphatic heterocycles. The second kappa shape index (κ2) is 5.00. The van der Waals surface area contributed by atoms with Crippen molar-refractivity contribution >= 4 is 11.0 Å². The highest BCUT2D eigenvalue weighted by atomic mass is 16.5. The monoisotopic (exact) mass is 300 g/mol. The summed E-state index contributed by atoms with van der Waals surface area (Å²) in [5, 5.41) is 28.9. The van der Waals surface area contributed by atoms with E-state index in [2.05, 4.69) is 0 Å². The summed E-state index contributed by atoms with van der Waals surface area (Å²) >= 11 is 0. The van der Waals surface area contributed by atoms with Crippen molar-refractivity contribution in [3.63, 3.8) is 0 Å². The van der Waals surface area contributed by atoms with Gasteiger partial charge in [0.25, 0.3) is 0 Å². The van der Waals surface area contributed by atoms with E-state index in [1.807, 2.05) is 0 Å². The zero-order valence-corrected chi connectivity index (χ0v) is 11.5. The lowest BCUT2D eigenvalue weighted by molar-refractivity contribution is 0.387. The van der Waals surface area contributed by atoms with E-state index < -0.39 is 0 Å². The van der Waals surface area contributed by atoms with Crippen LogP contribution in [-0.4, -0.2) is 22.4 Å². The van der Waals surface area contributed by atoms with E-state index in [0.717, 1.165) is 0 Å². The molecule has 3 N–H and O–H groups in total. The van der Waals surface area contributed by atoms with Crippen molar-refractivity contribution in [1.29, 1.82) is 0 Å². The minimum absolute atomic E-state index is 0.0109. The molecule has 0 unspecified atom stereocenters. The molecule has 0 amide bonds. The predicted octanol–water partition coefficient (Wildman–Crippen LogP) is 2.59. The highest BCUT2D eigenvalue weighted by Crippen LogP contribution is 2.38. The summed E-state index contributed by atoms with van der Waals surface area (Å²) in [6.07, 6.45) is 1.22. The van der Waals surface area contributed by atoms with Crippen molar-refractivity contribution in [1.82, 2.24) is 0 Å². The Balaban J connectivity index is 2.32. The van der Waals surface area contributed by atoms with Crippen LogP contribution in [0.2, 0.25) is 0 Å². The number of phenols is 3. The van der Waals surface area contributed by atoms with E-state index in [0.29, 0.717) is 5.56 Å². The Morgan fingerprint density at radius 3 is 2.45 bits per heavy atom. The van der Waals surface area contributed by atoms with Crippen LogP contribution in [0, 0.1) is 0 Å². The number of hydrogen-bond acceptors (Lipinski definition) is 6. The average molecular weight is 300 g/mol. The van der Waals surface area contributed by atoms with Crippen LogP contribution in [0.15, 0.2) is 45.8 Å². The molecular formula is C16H12O6. The Kier molecular flexibility index (Phi) is 3.14. The van der Waals surface area contributed by atoms with Crippen molar-refractivity contribution in [3.8, 4) is 34.1 Å². The molecule has 0 radical (unpaired) electrons. The van der Waals surface area contributed by atoms with Crippen LogP contribution in [0.4, 0.5) is 0 Å². The SMILES string of the molecule is COc1cc(O)c(O)cc1-c1coc2cc(O)ccc2c1=O. The fraction of sp³-hybridized carbons (Fsp3) is 0.0625. The maximum atomic E-state index is 12.6. The number of aromatic hydroxyl groups is 3. The van der Waals surface area contributed by atoms with Gasteiger partial charge < -0.3 is 24.5 Å². The first-order valence-electron chi connectivity index (χ1n) is 6.36. The maximum absolute atomic E-state index is 12.6. The van der Waals surface area contributed by atoms with Crippen LogP contribution in [0.5, 0.6) is 23.0 Å². The number of phenolic OH excluding ortho intramolecular Hbond substituents is 3. The van der Waals surface area contributed by atoms with Gasteiger partial charge in [0.15, 0.2) is 11.5 Å². The lowest BCUT2D eigenvalue weighted by atomic mass is 10.0. The number of rotatable bonds is 2. The Labute approximate surface area is 124 Å². The van der Waals surface area contributed by atoms with Gasteiger partial charge in [0.2, 0.25) is 5.43 Å². The molecule has 3 aromatic rings. The van der Waals surface area contributed by atoms with E-state index in [9.17, 15) is 20.1 Å². The summed E-state index contributed by atoms with van der Waals surface area (Å²) in [5.41, 5.74) is 0.368. The third-order valence-electron chi connectivity index (χ3n) is 3.35. The number of fused-ring (bicyclic) bond motifs is 1. The Morgan fingerprint density at radius 2 is 1.73 bits per heavy atom. The fourth-order valence-corrected chi connectivity index (χ4v) is 2.24. The quantitative estimate of drug-likeness (QED) is 0.629. The summed E-state index contributed by atoms with van der Waals surface area (Å²) in [6, 6.07) is 6.62. The zero-order valence-electron chi connectivity index (χ0n) is 11.5. The third-order valence-corrected chi connectivity index (χ3v) is 3.35. The molecule has 1 aromatic heterocycles. The molecule has 1 heterocycles. The van der Waals surface area contributed by atoms with Crippen molar-refractivity contribution in [2.24, 2.45) is 0 Å². The molecule has 0 bridgehead atoms. The normalized spacial score (nSPS) is 10.8. The van der Waals surface area contributed by atoms with E-state index in [1.165, 1.54) is 43.7 Å². The molecule has 22 heavy (non-hydrogen) atoms. The second-order valence-electron chi connectivity index (χ2n) is 4.70. The molecule has 0 saturated heterocycles. The smallest absolute Gasteiger partial charge is 0.200 e. The minimum atomic E-state index is -0.374. The Morgan fingerprint density at radius 1 is 1.00 bits per heavy atom. The Hall–Kier alpha value is -3.15. The van der Waals surface area contributed by atoms with Gasteiger partial charge in [-0.1, -0.05) is 0 Å². The summed E-state index contributed by atoms with van der Waals surface area (Å²) in [7, 11) is 1.38. The molecule has 0 fully saturated rings. The van der Waals surface area contributed by atoms with Gasteiger partial charge in [0.05, 0.1) is 18.1 Å². The van der Waals surface area contributed by atoms with Gasteiger partial charge in [-0.25, -0.2) is 0 Å². The average Bonchev–Trinajstić information content (AvgIpc) is 2.50. The summed E-state index contributed by atoms with van der Waals surface area (Å²) < 4.78 is 10.5. The topological polar surface area (TPSA) is 100 Å². The standard InChI is InChI=1S/C16H12O6/c1-21-14-6-13(19)12(18)5-10(14)11-7-22-15-4-8(17)2-3-9(15)16(11)20/h2-7,17-19H,1H3. The first kappa shape index (κ1) is 13.8. The summed E-state index contributed by atoms with van der Waals surface area (Å²) in [6.45, 7) is 0. The van der Waals surface area contributed by atoms with Crippen LogP contribution in [0.1, 0.15) is 0 Å². The second-order valence-corrected chi connectivity index (χ2v) is 4.70. The summed E-state index contributed by atoms with van der Waals surface area (Å²) in [5.74, 6) is -0.513. The molecule has 0 saturated carbocycles. The van der Waals surface area contributed by atoms with Crippen molar-refractivity contribution in [3.05, 3.63) is 46.8 Å². The van der Waals surface area contributed by atoms with E-state index in [1.54, 1.807) is 0 Å². The molecule has 0 spiro atoms. The summed E-state index contributed by atoms with van der Waals surface area (Å²) in [4.78, 5) is 12.6. The van der Waals surface area contributed by atoms with E-state index >= 15 is 0 Å². The molecule has 0 atom stereocenters. The number of benzene rings is 2. The number of methoxy groups -OCH3 is 1. The van der Waals surface area contributed by atoms with Crippen LogP contribution in [-0.2, 0) is 0 Å². The van der Waals surface area contributed by atoms with E-state index in [4.69, 9.17) is 9.15 Å². The molecule has 0 aliphatic rings. The van der Waals surface area contributed by atoms with Crippen LogP contribution in [0.25, 0.3) is 22.1 Å². The van der Waals surface area contributed by atoms with Gasteiger partial charge in [-0.15, -0.1) is 0 Å². The van der Waals surface area contributed by atoms with Gasteiger partial charge in [-0.3, -0.25) is 4.79 Å². The largest absolute Gasteiger partial charge is 0.508 e. The fourth-order valence-electron chi connectivity index (χ4n) is 2.24. The van der Waals surface area contributed by atoms with Crippen LogP contribution < -0.4 is 10.2 Å². The maximum Gasteiger partial charge on any atom is 0.200 e. The van der Waals surface area contributed by atoms with Gasteiger partial charge in [0, 0.05) is 17.7 Å². The van der Waals surface area contributed by atoms with E-state index in [-0.39, 0.29) is 45.0 Å². The molecule has 0 aliphatic carbocycles. The van der Waals surface area contributed by atoms with Crippen molar-refractivity contribution in [2.45, 2.75) is 0 Å². The van der Waals surface area contributed by atoms with Crippen LogP contribution in [0.3, 0.4) is 0 Å². The van der Waals surface area contributed by atoms with Crippen molar-refractivity contribution < 1.29 is 24.5 Å². The Bertz CT molecular complexity index is 926. The molecule has 6 heteroatoms. The molecular weight excluding hydrogens is 288 g/mol. The zero-order chi connectivity index (χ0) is 15.9. The molecule has 2 aromatic carbocycles. The lowest BCUT2D eigenvalue weighted by Gasteiger charge is -2.10. The number of ether oxygens (including phenoxy) is 1. The highest BCUT2D eigenvalue weighted by Gasteiger charge is 2.16. The minimum Gasteiger partial charge on any atom is -0.508 e. The number of hydrogen-bond donors (Lipinski definition) is 3. The van der Waals surface area contributed by atoms with Gasteiger partial charge >= 0.3 is 0 Å². The third kappa shape index (κ3) is 2.10. The highest BCUT2D eigenvalue weighted by molar-refractivity contribution is 5.84. The first-order valence-corrected chi connectivity index (χ1v) is 6.36.